The van der Waals surface area contributed by atoms with Crippen LogP contribution in [-0.4, -0.2) is 107 Å². The van der Waals surface area contributed by atoms with Gasteiger partial charge in [-0.15, -0.1) is 0 Å². The molecule has 52 heavy (non-hydrogen) atoms. The number of amides is 5. The predicted molar refractivity (Wildman–Crippen MR) is 195 cm³/mol. The van der Waals surface area contributed by atoms with Crippen molar-refractivity contribution in [2.75, 3.05) is 20.1 Å². The van der Waals surface area contributed by atoms with Gasteiger partial charge in [0.05, 0.1) is 6.04 Å². The molecule has 1 heterocycles. The van der Waals surface area contributed by atoms with Crippen molar-refractivity contribution in [2.45, 2.75) is 114 Å². The third-order valence-corrected chi connectivity index (χ3v) is 8.84. The van der Waals surface area contributed by atoms with Gasteiger partial charge in [-0.05, 0) is 94.5 Å². The molecule has 0 fully saturated rings. The predicted octanol–water partition coefficient (Wildman–Crippen LogP) is -0.233. The lowest BCUT2D eigenvalue weighted by atomic mass is 10.00. The molecule has 16 nitrogen and oxygen atoms in total. The number of unbranched alkanes of at least 4 members (excludes halogenated alkanes) is 2. The molecule has 290 valence electrons. The van der Waals surface area contributed by atoms with E-state index in [9.17, 15) is 39.0 Å². The van der Waals surface area contributed by atoms with E-state index in [2.05, 4.69) is 21.3 Å². The third kappa shape index (κ3) is 14.6. The first-order valence-corrected chi connectivity index (χ1v) is 18.0. The lowest BCUT2D eigenvalue weighted by Gasteiger charge is -2.32. The molecule has 1 aliphatic rings. The quantitative estimate of drug-likeness (QED) is 0.0746. The fraction of sp³-hybridized carbons (Fsp3) is 0.611. The number of phenolic OH excluding ortho intramolecular Hbond substituents is 1. The van der Waals surface area contributed by atoms with Crippen molar-refractivity contribution in [1.82, 2.24) is 26.2 Å². The van der Waals surface area contributed by atoms with Gasteiger partial charge in [-0.2, -0.15) is 0 Å². The van der Waals surface area contributed by atoms with Gasteiger partial charge < -0.3 is 53.6 Å². The highest BCUT2D eigenvalue weighted by Crippen LogP contribution is 2.17. The van der Waals surface area contributed by atoms with Crippen molar-refractivity contribution < 1.29 is 39.0 Å². The van der Waals surface area contributed by atoms with E-state index >= 15 is 0 Å². The molecule has 1 aromatic rings. The Morgan fingerprint density at radius 2 is 1.40 bits per heavy atom. The summed E-state index contributed by atoms with van der Waals surface area (Å²) in [4.78, 5) is 81.5. The number of rotatable bonds is 17. The average Bonchev–Trinajstić information content (AvgIpc) is 3.09. The van der Waals surface area contributed by atoms with Gasteiger partial charge in [-0.25, -0.2) is 4.79 Å². The van der Waals surface area contributed by atoms with Crippen LogP contribution in [0.25, 0.3) is 0 Å². The van der Waals surface area contributed by atoms with E-state index in [4.69, 9.17) is 17.2 Å². The van der Waals surface area contributed by atoms with Crippen LogP contribution in [-0.2, 0) is 35.2 Å². The Morgan fingerprint density at radius 1 is 0.865 bits per heavy atom. The summed E-state index contributed by atoms with van der Waals surface area (Å²) in [6, 6.07) is -0.687. The fourth-order valence-corrected chi connectivity index (χ4v) is 5.77. The monoisotopic (exact) mass is 730 g/mol. The van der Waals surface area contributed by atoms with Gasteiger partial charge in [0.1, 0.15) is 36.0 Å². The van der Waals surface area contributed by atoms with E-state index in [0.29, 0.717) is 44.3 Å². The average molecular weight is 731 g/mol. The van der Waals surface area contributed by atoms with Crippen LogP contribution in [0.4, 0.5) is 0 Å². The number of benzene rings is 1. The first-order valence-electron chi connectivity index (χ1n) is 18.0. The van der Waals surface area contributed by atoms with Crippen LogP contribution in [0.1, 0.15) is 77.2 Å². The molecule has 0 aromatic heterocycles. The Hall–Kier alpha value is -4.54. The van der Waals surface area contributed by atoms with E-state index in [1.165, 1.54) is 19.2 Å². The number of nitrogens with two attached hydrogens (primary N) is 3. The molecule has 5 amide bonds. The molecule has 0 unspecified atom stereocenters. The molecule has 0 spiro atoms. The Kier molecular flexibility index (Phi) is 18.8. The summed E-state index contributed by atoms with van der Waals surface area (Å²) < 4.78 is 0. The van der Waals surface area contributed by atoms with E-state index in [0.717, 1.165) is 4.90 Å². The number of phenols is 1. The minimum atomic E-state index is -1.22. The molecular weight excluding hydrogens is 672 g/mol. The number of aliphatic carboxylic acids is 1. The van der Waals surface area contributed by atoms with Crippen molar-refractivity contribution in [1.29, 1.82) is 0 Å². The maximum Gasteiger partial charge on any atom is 0.326 e. The molecular formula is C36H58N8O8. The summed E-state index contributed by atoms with van der Waals surface area (Å²) in [6.45, 7) is 4.40. The zero-order valence-corrected chi connectivity index (χ0v) is 30.5. The number of nitrogens with one attached hydrogen (secondary N) is 4. The highest BCUT2D eigenvalue weighted by molar-refractivity contribution is 5.96. The normalized spacial score (nSPS) is 21.9. The molecule has 0 bridgehead atoms. The molecule has 0 aliphatic carbocycles. The van der Waals surface area contributed by atoms with Crippen LogP contribution >= 0.6 is 0 Å². The number of likely N-dealkylation sites (N-methyl/N-ethyl adjacent to an activating group) is 1. The van der Waals surface area contributed by atoms with Gasteiger partial charge in [0.15, 0.2) is 0 Å². The number of aromatic hydroxyl groups is 1. The Morgan fingerprint density at radius 3 is 1.94 bits per heavy atom. The van der Waals surface area contributed by atoms with Gasteiger partial charge in [-0.1, -0.05) is 38.1 Å². The van der Waals surface area contributed by atoms with Gasteiger partial charge >= 0.3 is 5.97 Å². The lowest BCUT2D eigenvalue weighted by Crippen LogP contribution is -2.59. The highest BCUT2D eigenvalue weighted by Gasteiger charge is 2.36. The van der Waals surface area contributed by atoms with Crippen LogP contribution in [0, 0.1) is 5.92 Å². The van der Waals surface area contributed by atoms with Gasteiger partial charge in [-0.3, -0.25) is 24.0 Å². The largest absolute Gasteiger partial charge is 0.508 e. The summed E-state index contributed by atoms with van der Waals surface area (Å²) >= 11 is 0. The molecule has 1 aromatic carbocycles. The molecule has 12 N–H and O–H groups in total. The summed E-state index contributed by atoms with van der Waals surface area (Å²) in [7, 11) is 1.39. The number of carbonyl (C=O) groups is 6. The summed E-state index contributed by atoms with van der Waals surface area (Å²) in [5.41, 5.74) is 18.0. The lowest BCUT2D eigenvalue weighted by molar-refractivity contribution is -0.145. The van der Waals surface area contributed by atoms with E-state index in [1.807, 2.05) is 13.8 Å². The van der Waals surface area contributed by atoms with Gasteiger partial charge in [0.25, 0.3) is 0 Å². The molecule has 0 saturated heterocycles. The number of nitrogens with zero attached hydrogens (tertiary/aromatic N) is 1. The van der Waals surface area contributed by atoms with E-state index < -0.39 is 71.8 Å². The minimum Gasteiger partial charge on any atom is -0.508 e. The van der Waals surface area contributed by atoms with Crippen molar-refractivity contribution in [3.63, 3.8) is 0 Å². The molecule has 16 heteroatoms. The SMILES string of the molecule is CC(C)C[C@H](NC(=O)[C@H](Cc1ccc(O)cc1)N(C)C(=O)[C@@H]1C/C=C/C[C@H](N)C(=O)N[C@@H](CCCCN)C(=O)N[C@@H](CCCCN)C(=O)N1)C(=O)O. The maximum absolute atomic E-state index is 14.3. The second kappa shape index (κ2) is 22.4. The van der Waals surface area contributed by atoms with Crippen molar-refractivity contribution in [3.8, 4) is 5.75 Å². The van der Waals surface area contributed by atoms with Crippen molar-refractivity contribution >= 4 is 35.5 Å². The first kappa shape index (κ1) is 43.6. The number of carboxylic acids is 1. The Balaban J connectivity index is 2.50. The summed E-state index contributed by atoms with van der Waals surface area (Å²) in [6.07, 6.45) is 6.04. The topological polar surface area (TPSA) is 272 Å². The summed E-state index contributed by atoms with van der Waals surface area (Å²) in [5, 5.41) is 30.4. The zero-order chi connectivity index (χ0) is 38.8. The highest BCUT2D eigenvalue weighted by atomic mass is 16.4. The van der Waals surface area contributed by atoms with Crippen LogP contribution in [0.15, 0.2) is 36.4 Å². The van der Waals surface area contributed by atoms with Crippen LogP contribution in [0.2, 0.25) is 0 Å². The van der Waals surface area contributed by atoms with Gasteiger partial charge in [0, 0.05) is 13.5 Å². The second-order valence-electron chi connectivity index (χ2n) is 13.7. The number of hydrogen-bond donors (Lipinski definition) is 9. The molecule has 0 radical (unpaired) electrons. The Labute approximate surface area is 305 Å². The number of carboxylic acid groups (broad SMARTS) is 1. The van der Waals surface area contributed by atoms with Crippen LogP contribution in [0.5, 0.6) is 5.75 Å². The molecule has 6 atom stereocenters. The van der Waals surface area contributed by atoms with E-state index in [-0.39, 0.29) is 50.2 Å². The number of carbonyl (C=O) groups excluding carboxylic acids is 5. The zero-order valence-electron chi connectivity index (χ0n) is 30.5. The van der Waals surface area contributed by atoms with Gasteiger partial charge in [0.2, 0.25) is 29.5 Å². The molecule has 0 saturated carbocycles. The maximum atomic E-state index is 14.3. The van der Waals surface area contributed by atoms with Crippen LogP contribution < -0.4 is 38.5 Å². The standard InChI is InChI=1S/C36H58N8O8/c1-22(2)20-29(36(51)52)43-34(49)30(21-23-14-16-24(45)17-15-23)44(3)35(50)28-13-5-4-10-25(39)31(46)40-26(11-6-8-18-37)32(47)41-27(33(48)42-28)12-7-9-19-38/h4-5,14-17,22,25-30,45H,6-13,18-21,37-39H2,1-3H3,(H,40,46)(H,41,47)(H,42,48)(H,43,49)(H,51,52)/b5-4+/t25-,26-,27-,28-,29-,30-/m0/s1. The Bertz CT molecular complexity index is 1370. The third-order valence-electron chi connectivity index (χ3n) is 8.84. The smallest absolute Gasteiger partial charge is 0.326 e. The second-order valence-corrected chi connectivity index (χ2v) is 13.7. The molecule has 1 aliphatic heterocycles. The van der Waals surface area contributed by atoms with Crippen molar-refractivity contribution in [2.24, 2.45) is 23.1 Å². The first-order chi connectivity index (χ1) is 24.7. The summed E-state index contributed by atoms with van der Waals surface area (Å²) in [5.74, 6) is -4.43. The van der Waals surface area contributed by atoms with Crippen LogP contribution in [0.3, 0.4) is 0 Å². The number of hydrogen-bond acceptors (Lipinski definition) is 10. The fourth-order valence-electron chi connectivity index (χ4n) is 5.77. The molecule has 2 rings (SSSR count). The minimum absolute atomic E-state index is 0.00142. The van der Waals surface area contributed by atoms with E-state index in [1.54, 1.807) is 24.3 Å². The van der Waals surface area contributed by atoms with Crippen molar-refractivity contribution in [3.05, 3.63) is 42.0 Å².